The lowest BCUT2D eigenvalue weighted by molar-refractivity contribution is 1.29. The van der Waals surface area contributed by atoms with E-state index >= 15 is 0 Å². The molecule has 0 bridgehead atoms. The number of allylic oxidation sites excluding steroid dienone is 3. The molecule has 1 heteroatoms. The Morgan fingerprint density at radius 1 is 1.75 bits per heavy atom. The maximum absolute atomic E-state index is 4.01. The third-order valence-corrected chi connectivity index (χ3v) is 1.03. The van der Waals surface area contributed by atoms with Crippen LogP contribution >= 0.6 is 0 Å². The van der Waals surface area contributed by atoms with Crippen LogP contribution in [0.25, 0.3) is 0 Å². The number of aliphatic imine (C=N–C) groups is 1. The second kappa shape index (κ2) is 2.46. The van der Waals surface area contributed by atoms with Crippen LogP contribution < -0.4 is 0 Å². The SMILES string of the molecule is C/C=C/C1=CCN=C1. The molecule has 0 unspecified atom stereocenters. The molecule has 0 aromatic rings. The minimum atomic E-state index is 0.861. The maximum Gasteiger partial charge on any atom is 0.0579 e. The summed E-state index contributed by atoms with van der Waals surface area (Å²) in [5.41, 5.74) is 1.23. The first-order valence-electron chi connectivity index (χ1n) is 2.76. The Balaban J connectivity index is 2.58. The van der Waals surface area contributed by atoms with Gasteiger partial charge in [-0.2, -0.15) is 0 Å². The van der Waals surface area contributed by atoms with Gasteiger partial charge < -0.3 is 0 Å². The third-order valence-electron chi connectivity index (χ3n) is 1.03. The smallest absolute Gasteiger partial charge is 0.0579 e. The van der Waals surface area contributed by atoms with Crippen molar-refractivity contribution in [3.8, 4) is 0 Å². The molecular formula is C7H9N. The van der Waals surface area contributed by atoms with Gasteiger partial charge >= 0.3 is 0 Å². The van der Waals surface area contributed by atoms with Crippen molar-refractivity contribution in [2.75, 3.05) is 6.54 Å². The van der Waals surface area contributed by atoms with E-state index in [1.54, 1.807) is 0 Å². The summed E-state index contributed by atoms with van der Waals surface area (Å²) in [6.45, 7) is 2.87. The van der Waals surface area contributed by atoms with E-state index in [1.165, 1.54) is 5.57 Å². The lowest BCUT2D eigenvalue weighted by atomic mass is 10.3. The Morgan fingerprint density at radius 2 is 2.62 bits per heavy atom. The van der Waals surface area contributed by atoms with Gasteiger partial charge in [0.1, 0.15) is 0 Å². The average molecular weight is 107 g/mol. The van der Waals surface area contributed by atoms with Crippen molar-refractivity contribution in [1.82, 2.24) is 0 Å². The van der Waals surface area contributed by atoms with E-state index < -0.39 is 0 Å². The van der Waals surface area contributed by atoms with Crippen molar-refractivity contribution in [2.24, 2.45) is 4.99 Å². The molecule has 0 radical (unpaired) electrons. The first-order chi connectivity index (χ1) is 3.93. The summed E-state index contributed by atoms with van der Waals surface area (Å²) in [7, 11) is 0. The zero-order chi connectivity index (χ0) is 5.82. The van der Waals surface area contributed by atoms with Gasteiger partial charge in [0.2, 0.25) is 0 Å². The van der Waals surface area contributed by atoms with Gasteiger partial charge in [0.25, 0.3) is 0 Å². The Hall–Kier alpha value is -0.850. The molecule has 0 atom stereocenters. The fraction of sp³-hybridized carbons (Fsp3) is 0.286. The molecule has 8 heavy (non-hydrogen) atoms. The molecule has 42 valence electrons. The Labute approximate surface area is 49.4 Å². The highest BCUT2D eigenvalue weighted by Crippen LogP contribution is 1.98. The number of hydrogen-bond acceptors (Lipinski definition) is 1. The first-order valence-corrected chi connectivity index (χ1v) is 2.76. The summed E-state index contributed by atoms with van der Waals surface area (Å²) in [4.78, 5) is 4.01. The van der Waals surface area contributed by atoms with Crippen LogP contribution in [0.4, 0.5) is 0 Å². The quantitative estimate of drug-likeness (QED) is 0.482. The van der Waals surface area contributed by atoms with Gasteiger partial charge in [-0.1, -0.05) is 18.2 Å². The highest BCUT2D eigenvalue weighted by atomic mass is 14.7. The maximum atomic E-state index is 4.01. The summed E-state index contributed by atoms with van der Waals surface area (Å²) in [6.07, 6.45) is 8.06. The van der Waals surface area contributed by atoms with Crippen LogP contribution in [0.1, 0.15) is 6.92 Å². The molecule has 0 aliphatic carbocycles. The van der Waals surface area contributed by atoms with Crippen LogP contribution in [-0.4, -0.2) is 12.8 Å². The summed E-state index contributed by atoms with van der Waals surface area (Å²) in [5.74, 6) is 0. The first kappa shape index (κ1) is 5.29. The van der Waals surface area contributed by atoms with Crippen molar-refractivity contribution in [3.63, 3.8) is 0 Å². The van der Waals surface area contributed by atoms with E-state index in [4.69, 9.17) is 0 Å². The summed E-state index contributed by atoms with van der Waals surface area (Å²) in [5, 5.41) is 0. The normalized spacial score (nSPS) is 17.9. The molecule has 0 amide bonds. The molecule has 0 saturated heterocycles. The second-order valence-electron chi connectivity index (χ2n) is 1.70. The minimum absolute atomic E-state index is 0.861. The number of rotatable bonds is 1. The van der Waals surface area contributed by atoms with Crippen LogP contribution in [0.5, 0.6) is 0 Å². The molecule has 0 spiro atoms. The summed E-state index contributed by atoms with van der Waals surface area (Å²) >= 11 is 0. The molecule has 0 fully saturated rings. The monoisotopic (exact) mass is 107 g/mol. The fourth-order valence-electron chi connectivity index (χ4n) is 0.672. The van der Waals surface area contributed by atoms with Crippen molar-refractivity contribution in [2.45, 2.75) is 6.92 Å². The Kier molecular flexibility index (Phi) is 1.62. The standard InChI is InChI=1S/C7H9N/c1-2-3-7-4-5-8-6-7/h2-4,6H,5H2,1H3/b3-2+. The molecule has 1 aliphatic heterocycles. The van der Waals surface area contributed by atoms with Gasteiger partial charge in [-0.05, 0) is 12.5 Å². The average Bonchev–Trinajstić information content (AvgIpc) is 2.19. The fourth-order valence-corrected chi connectivity index (χ4v) is 0.672. The van der Waals surface area contributed by atoms with Crippen molar-refractivity contribution < 1.29 is 0 Å². The molecule has 0 aromatic heterocycles. The van der Waals surface area contributed by atoms with Crippen molar-refractivity contribution in [1.29, 1.82) is 0 Å². The predicted octanol–water partition coefficient (Wildman–Crippen LogP) is 1.57. The van der Waals surface area contributed by atoms with Gasteiger partial charge in [0.15, 0.2) is 0 Å². The van der Waals surface area contributed by atoms with Crippen LogP contribution in [-0.2, 0) is 0 Å². The largest absolute Gasteiger partial charge is 0.288 e. The van der Waals surface area contributed by atoms with Gasteiger partial charge in [-0.25, -0.2) is 0 Å². The highest BCUT2D eigenvalue weighted by Gasteiger charge is 1.89. The van der Waals surface area contributed by atoms with Gasteiger partial charge in [-0.15, -0.1) is 0 Å². The molecule has 1 heterocycles. The summed E-state index contributed by atoms with van der Waals surface area (Å²) < 4.78 is 0. The predicted molar refractivity (Wildman–Crippen MR) is 36.3 cm³/mol. The van der Waals surface area contributed by atoms with Crippen molar-refractivity contribution >= 4 is 6.21 Å². The third kappa shape index (κ3) is 1.06. The molecule has 0 N–H and O–H groups in total. The van der Waals surface area contributed by atoms with Gasteiger partial charge in [0.05, 0.1) is 6.54 Å². The van der Waals surface area contributed by atoms with Crippen LogP contribution in [0.2, 0.25) is 0 Å². The molecular weight excluding hydrogens is 98.1 g/mol. The van der Waals surface area contributed by atoms with Crippen LogP contribution in [0.15, 0.2) is 28.8 Å². The molecule has 1 nitrogen and oxygen atoms in total. The Morgan fingerprint density at radius 3 is 3.12 bits per heavy atom. The van der Waals surface area contributed by atoms with Gasteiger partial charge in [0, 0.05) is 6.21 Å². The summed E-state index contributed by atoms with van der Waals surface area (Å²) in [6, 6.07) is 0. The number of nitrogens with zero attached hydrogens (tertiary/aromatic N) is 1. The van der Waals surface area contributed by atoms with E-state index in [9.17, 15) is 0 Å². The Bertz CT molecular complexity index is 152. The molecule has 1 rings (SSSR count). The van der Waals surface area contributed by atoms with E-state index in [0.29, 0.717) is 0 Å². The van der Waals surface area contributed by atoms with Crippen LogP contribution in [0.3, 0.4) is 0 Å². The van der Waals surface area contributed by atoms with Crippen LogP contribution in [0, 0.1) is 0 Å². The molecule has 1 aliphatic rings. The molecule has 0 saturated carbocycles. The van der Waals surface area contributed by atoms with E-state index in [2.05, 4.69) is 17.1 Å². The topological polar surface area (TPSA) is 12.4 Å². The highest BCUT2D eigenvalue weighted by molar-refractivity contribution is 5.84. The number of hydrogen-bond donors (Lipinski definition) is 0. The second-order valence-corrected chi connectivity index (χ2v) is 1.70. The van der Waals surface area contributed by atoms with E-state index in [1.807, 2.05) is 19.2 Å². The van der Waals surface area contributed by atoms with Gasteiger partial charge in [-0.3, -0.25) is 4.99 Å². The zero-order valence-corrected chi connectivity index (χ0v) is 4.96. The zero-order valence-electron chi connectivity index (χ0n) is 4.96. The molecule has 0 aromatic carbocycles. The minimum Gasteiger partial charge on any atom is -0.288 e. The van der Waals surface area contributed by atoms with Crippen molar-refractivity contribution in [3.05, 3.63) is 23.8 Å². The lowest BCUT2D eigenvalue weighted by Crippen LogP contribution is -1.69. The van der Waals surface area contributed by atoms with E-state index in [-0.39, 0.29) is 0 Å². The lowest BCUT2D eigenvalue weighted by Gasteiger charge is -1.78. The van der Waals surface area contributed by atoms with E-state index in [0.717, 1.165) is 6.54 Å².